The van der Waals surface area contributed by atoms with E-state index in [1.54, 1.807) is 36.4 Å². The third-order valence-corrected chi connectivity index (χ3v) is 6.28. The van der Waals surface area contributed by atoms with Crippen molar-refractivity contribution in [3.8, 4) is 0 Å². The van der Waals surface area contributed by atoms with Crippen LogP contribution in [0.15, 0.2) is 83.8 Å². The Morgan fingerprint density at radius 3 is 2.19 bits per heavy atom. The zero-order valence-corrected chi connectivity index (χ0v) is 17.9. The Bertz CT molecular complexity index is 1170. The first-order chi connectivity index (χ1) is 14.8. The number of benzene rings is 3. The smallest absolute Gasteiger partial charge is 0.338 e. The molecule has 1 amide bonds. The average Bonchev–Trinajstić information content (AvgIpc) is 2.78. The summed E-state index contributed by atoms with van der Waals surface area (Å²) in [6.45, 7) is -0.00985. The number of rotatable bonds is 7. The van der Waals surface area contributed by atoms with Crippen LogP contribution in [0.5, 0.6) is 0 Å². The van der Waals surface area contributed by atoms with Crippen molar-refractivity contribution in [3.63, 3.8) is 0 Å². The van der Waals surface area contributed by atoms with Gasteiger partial charge in [0.25, 0.3) is 5.91 Å². The van der Waals surface area contributed by atoms with Gasteiger partial charge < -0.3 is 10.1 Å². The topological polar surface area (TPSA) is 92.8 Å². The molecule has 3 aromatic rings. The lowest BCUT2D eigenvalue weighted by Gasteiger charge is -2.12. The monoisotopic (exact) mass is 438 g/mol. The zero-order valence-electron chi connectivity index (χ0n) is 17.1. The number of carbonyl (C=O) groups excluding carboxylic acids is 2. The lowest BCUT2D eigenvalue weighted by Crippen LogP contribution is -2.22. The molecule has 0 saturated carbocycles. The first kappa shape index (κ1) is 22.2. The van der Waals surface area contributed by atoms with E-state index in [1.807, 2.05) is 18.2 Å². The van der Waals surface area contributed by atoms with E-state index in [-0.39, 0.29) is 23.0 Å². The van der Waals surface area contributed by atoms with Gasteiger partial charge in [0.15, 0.2) is 0 Å². The molecule has 0 aliphatic carbocycles. The Balaban J connectivity index is 1.61. The van der Waals surface area contributed by atoms with Gasteiger partial charge in [0.05, 0.1) is 10.5 Å². The van der Waals surface area contributed by atoms with Crippen molar-refractivity contribution in [1.82, 2.24) is 4.31 Å². The minimum absolute atomic E-state index is 0.00985. The summed E-state index contributed by atoms with van der Waals surface area (Å²) in [5.41, 5.74) is 2.01. The van der Waals surface area contributed by atoms with E-state index in [0.29, 0.717) is 16.8 Å². The highest BCUT2D eigenvalue weighted by Gasteiger charge is 2.19. The molecule has 0 saturated heterocycles. The zero-order chi connectivity index (χ0) is 22.4. The Morgan fingerprint density at radius 1 is 0.871 bits per heavy atom. The lowest BCUT2D eigenvalue weighted by atomic mass is 10.1. The summed E-state index contributed by atoms with van der Waals surface area (Å²) < 4.78 is 30.8. The van der Waals surface area contributed by atoms with E-state index in [9.17, 15) is 18.0 Å². The predicted molar refractivity (Wildman–Crippen MR) is 117 cm³/mol. The molecule has 0 radical (unpaired) electrons. The molecule has 8 heteroatoms. The molecule has 0 unspecified atom stereocenters. The minimum Gasteiger partial charge on any atom is -0.457 e. The molecule has 0 aliphatic heterocycles. The van der Waals surface area contributed by atoms with Gasteiger partial charge in [-0.2, -0.15) is 0 Å². The molecule has 3 aromatic carbocycles. The van der Waals surface area contributed by atoms with Crippen molar-refractivity contribution >= 4 is 27.6 Å². The van der Waals surface area contributed by atoms with E-state index in [1.165, 1.54) is 38.4 Å². The molecule has 0 bridgehead atoms. The number of nitrogens with one attached hydrogen (secondary N) is 1. The highest BCUT2D eigenvalue weighted by atomic mass is 32.2. The second-order valence-corrected chi connectivity index (χ2v) is 9.06. The fourth-order valence-electron chi connectivity index (χ4n) is 2.70. The average molecular weight is 439 g/mol. The summed E-state index contributed by atoms with van der Waals surface area (Å²) in [5.74, 6) is -0.879. The molecule has 31 heavy (non-hydrogen) atoms. The molecular formula is C23H22N2O5S. The van der Waals surface area contributed by atoms with Crippen LogP contribution < -0.4 is 5.32 Å². The number of para-hydroxylation sites is 1. The largest absolute Gasteiger partial charge is 0.457 e. The summed E-state index contributed by atoms with van der Waals surface area (Å²) in [4.78, 5) is 24.7. The maximum atomic E-state index is 12.4. The molecule has 7 nitrogen and oxygen atoms in total. The summed E-state index contributed by atoms with van der Waals surface area (Å²) in [5, 5.41) is 2.80. The van der Waals surface area contributed by atoms with Crippen molar-refractivity contribution in [3.05, 3.63) is 95.6 Å². The number of nitrogens with zero attached hydrogens (tertiary/aromatic N) is 1. The van der Waals surface area contributed by atoms with Crippen LogP contribution in [0.25, 0.3) is 0 Å². The number of anilines is 1. The lowest BCUT2D eigenvalue weighted by molar-refractivity contribution is 0.0472. The third kappa shape index (κ3) is 5.56. The number of hydrogen-bond donors (Lipinski definition) is 1. The van der Waals surface area contributed by atoms with Gasteiger partial charge in [0, 0.05) is 25.3 Å². The second kappa shape index (κ2) is 9.55. The molecule has 0 heterocycles. The number of esters is 1. The molecule has 0 atom stereocenters. The summed E-state index contributed by atoms with van der Waals surface area (Å²) in [6, 6.07) is 21.5. The standard InChI is InChI=1S/C23H22N2O5S/c1-25(2)31(28,29)21-10-6-7-19(15-21)23(27)30-16-17-11-13-18(14-12-17)22(26)24-20-8-4-3-5-9-20/h3-15H,16H2,1-2H3,(H,24,26). The van der Waals surface area contributed by atoms with Crippen LogP contribution >= 0.6 is 0 Å². The van der Waals surface area contributed by atoms with Gasteiger partial charge in [-0.15, -0.1) is 0 Å². The van der Waals surface area contributed by atoms with Gasteiger partial charge in [-0.3, -0.25) is 4.79 Å². The predicted octanol–water partition coefficient (Wildman–Crippen LogP) is 3.55. The third-order valence-electron chi connectivity index (χ3n) is 4.47. The van der Waals surface area contributed by atoms with Gasteiger partial charge >= 0.3 is 5.97 Å². The van der Waals surface area contributed by atoms with Gasteiger partial charge in [-0.25, -0.2) is 17.5 Å². The van der Waals surface area contributed by atoms with Crippen molar-refractivity contribution in [1.29, 1.82) is 0 Å². The van der Waals surface area contributed by atoms with Gasteiger partial charge in [-0.05, 0) is 48.0 Å². The Hall–Kier alpha value is -3.49. The van der Waals surface area contributed by atoms with E-state index in [4.69, 9.17) is 4.74 Å². The summed E-state index contributed by atoms with van der Waals surface area (Å²) >= 11 is 0. The van der Waals surface area contributed by atoms with Gasteiger partial charge in [-0.1, -0.05) is 36.4 Å². The minimum atomic E-state index is -3.65. The molecule has 160 valence electrons. The van der Waals surface area contributed by atoms with E-state index in [2.05, 4.69) is 5.32 Å². The second-order valence-electron chi connectivity index (χ2n) is 6.91. The van der Waals surface area contributed by atoms with Gasteiger partial charge in [0.2, 0.25) is 10.0 Å². The molecule has 1 N–H and O–H groups in total. The van der Waals surface area contributed by atoms with Crippen molar-refractivity contribution < 1.29 is 22.7 Å². The maximum absolute atomic E-state index is 12.4. The molecular weight excluding hydrogens is 416 g/mol. The first-order valence-electron chi connectivity index (χ1n) is 9.42. The maximum Gasteiger partial charge on any atom is 0.338 e. The van der Waals surface area contributed by atoms with Crippen LogP contribution in [0.4, 0.5) is 5.69 Å². The summed E-state index contributed by atoms with van der Waals surface area (Å²) in [6.07, 6.45) is 0. The number of sulfonamides is 1. The fraction of sp³-hybridized carbons (Fsp3) is 0.130. The van der Waals surface area contributed by atoms with Crippen LogP contribution in [0, 0.1) is 0 Å². The molecule has 0 aromatic heterocycles. The van der Waals surface area contributed by atoms with Crippen LogP contribution in [-0.2, 0) is 21.4 Å². The number of ether oxygens (including phenoxy) is 1. The Kier molecular flexibility index (Phi) is 6.84. The first-order valence-corrected chi connectivity index (χ1v) is 10.9. The summed E-state index contributed by atoms with van der Waals surface area (Å²) in [7, 11) is -0.806. The number of carbonyl (C=O) groups is 2. The van der Waals surface area contributed by atoms with Crippen LogP contribution in [0.3, 0.4) is 0 Å². The van der Waals surface area contributed by atoms with Crippen LogP contribution in [-0.4, -0.2) is 38.7 Å². The fourth-order valence-corrected chi connectivity index (χ4v) is 3.65. The molecule has 0 aliphatic rings. The highest BCUT2D eigenvalue weighted by molar-refractivity contribution is 7.89. The Morgan fingerprint density at radius 2 is 1.55 bits per heavy atom. The van der Waals surface area contributed by atoms with E-state index in [0.717, 1.165) is 4.31 Å². The van der Waals surface area contributed by atoms with Gasteiger partial charge in [0.1, 0.15) is 6.61 Å². The van der Waals surface area contributed by atoms with E-state index < -0.39 is 16.0 Å². The normalized spacial score (nSPS) is 11.2. The number of hydrogen-bond acceptors (Lipinski definition) is 5. The van der Waals surface area contributed by atoms with Crippen LogP contribution in [0.1, 0.15) is 26.3 Å². The molecule has 0 fully saturated rings. The number of amides is 1. The van der Waals surface area contributed by atoms with Crippen molar-refractivity contribution in [2.24, 2.45) is 0 Å². The molecule has 3 rings (SSSR count). The quantitative estimate of drug-likeness (QED) is 0.570. The van der Waals surface area contributed by atoms with E-state index >= 15 is 0 Å². The van der Waals surface area contributed by atoms with Crippen molar-refractivity contribution in [2.45, 2.75) is 11.5 Å². The van der Waals surface area contributed by atoms with Crippen LogP contribution in [0.2, 0.25) is 0 Å². The highest BCUT2D eigenvalue weighted by Crippen LogP contribution is 2.16. The van der Waals surface area contributed by atoms with Crippen molar-refractivity contribution in [2.75, 3.05) is 19.4 Å². The SMILES string of the molecule is CN(C)S(=O)(=O)c1cccc(C(=O)OCc2ccc(C(=O)Nc3ccccc3)cc2)c1. The molecule has 0 spiro atoms. The Labute approximate surface area is 181 Å².